The molecule has 0 aromatic rings. The molecule has 2 nitrogen and oxygen atoms in total. The number of rotatable bonds is 2. The molecule has 0 radical (unpaired) electrons. The zero-order valence-electron chi connectivity index (χ0n) is 12.4. The van der Waals surface area contributed by atoms with Crippen LogP contribution in [0.4, 0.5) is 13.2 Å². The average Bonchev–Trinajstić information content (AvgIpc) is 2.63. The summed E-state index contributed by atoms with van der Waals surface area (Å²) in [7, 11) is 0. The maximum absolute atomic E-state index is 13.1. The molecule has 118 valence electrons. The third kappa shape index (κ3) is 3.30. The zero-order valence-corrected chi connectivity index (χ0v) is 12.4. The lowest BCUT2D eigenvalue weighted by molar-refractivity contribution is -0.195. The molecule has 1 aliphatic heterocycles. The van der Waals surface area contributed by atoms with Crippen LogP contribution in [0, 0.1) is 5.92 Å². The molecular weight excluding hydrogens is 265 g/mol. The van der Waals surface area contributed by atoms with Gasteiger partial charge in [-0.3, -0.25) is 4.90 Å². The first-order valence-corrected chi connectivity index (χ1v) is 7.92. The molecule has 1 heterocycles. The maximum Gasteiger partial charge on any atom is 0.391 e. The summed E-state index contributed by atoms with van der Waals surface area (Å²) in [6, 6.07) is 0.355. The summed E-state index contributed by atoms with van der Waals surface area (Å²) in [5, 5.41) is 0. The van der Waals surface area contributed by atoms with Gasteiger partial charge in [-0.2, -0.15) is 13.2 Å². The fourth-order valence-corrected chi connectivity index (χ4v) is 4.16. The van der Waals surface area contributed by atoms with E-state index in [1.807, 2.05) is 0 Å². The monoisotopic (exact) mass is 292 g/mol. The van der Waals surface area contributed by atoms with E-state index in [1.165, 1.54) is 12.8 Å². The van der Waals surface area contributed by atoms with Gasteiger partial charge in [-0.1, -0.05) is 19.3 Å². The number of hydrogen-bond donors (Lipinski definition) is 1. The van der Waals surface area contributed by atoms with Crippen molar-refractivity contribution in [3.63, 3.8) is 0 Å². The third-order valence-corrected chi connectivity index (χ3v) is 5.33. The van der Waals surface area contributed by atoms with E-state index in [0.29, 0.717) is 19.0 Å². The molecule has 3 atom stereocenters. The smallest absolute Gasteiger partial charge is 0.329 e. The van der Waals surface area contributed by atoms with Gasteiger partial charge in [0.05, 0.1) is 5.92 Å². The number of likely N-dealkylation sites (tertiary alicyclic amines) is 1. The summed E-state index contributed by atoms with van der Waals surface area (Å²) in [4.78, 5) is 2.32. The van der Waals surface area contributed by atoms with E-state index in [9.17, 15) is 13.2 Å². The second-order valence-corrected chi connectivity index (χ2v) is 6.66. The van der Waals surface area contributed by atoms with Crippen molar-refractivity contribution in [1.82, 2.24) is 4.90 Å². The van der Waals surface area contributed by atoms with Crippen molar-refractivity contribution in [3.8, 4) is 0 Å². The van der Waals surface area contributed by atoms with Crippen molar-refractivity contribution in [2.24, 2.45) is 11.7 Å². The third-order valence-electron chi connectivity index (χ3n) is 5.33. The Morgan fingerprint density at radius 1 is 1.15 bits per heavy atom. The van der Waals surface area contributed by atoms with E-state index in [0.717, 1.165) is 25.8 Å². The maximum atomic E-state index is 13.1. The first-order valence-electron chi connectivity index (χ1n) is 7.92. The molecule has 0 aromatic carbocycles. The minimum absolute atomic E-state index is 0.192. The summed E-state index contributed by atoms with van der Waals surface area (Å²) in [6.07, 6.45) is 2.39. The highest BCUT2D eigenvalue weighted by atomic mass is 19.4. The number of alkyl halides is 3. The van der Waals surface area contributed by atoms with Crippen LogP contribution in [0.25, 0.3) is 0 Å². The predicted molar refractivity (Wildman–Crippen MR) is 74.4 cm³/mol. The molecule has 0 bridgehead atoms. The van der Waals surface area contributed by atoms with Crippen molar-refractivity contribution < 1.29 is 13.2 Å². The van der Waals surface area contributed by atoms with Crippen LogP contribution in [0.1, 0.15) is 58.3 Å². The van der Waals surface area contributed by atoms with E-state index in [2.05, 4.69) is 11.8 Å². The molecule has 1 saturated carbocycles. The fraction of sp³-hybridized carbons (Fsp3) is 1.00. The summed E-state index contributed by atoms with van der Waals surface area (Å²) in [5.41, 5.74) is 5.55. The lowest BCUT2D eigenvalue weighted by Gasteiger charge is -2.50. The van der Waals surface area contributed by atoms with Crippen LogP contribution in [-0.4, -0.2) is 35.7 Å². The van der Waals surface area contributed by atoms with Crippen LogP contribution in [0.15, 0.2) is 0 Å². The second kappa shape index (κ2) is 6.22. The summed E-state index contributed by atoms with van der Waals surface area (Å²) in [6.45, 7) is 3.41. The van der Waals surface area contributed by atoms with Gasteiger partial charge in [0.25, 0.3) is 0 Å². The summed E-state index contributed by atoms with van der Waals surface area (Å²) in [5.74, 6) is -1.17. The lowest BCUT2D eigenvalue weighted by Crippen LogP contribution is -2.60. The first kappa shape index (κ1) is 16.1. The van der Waals surface area contributed by atoms with Crippen molar-refractivity contribution in [3.05, 3.63) is 0 Å². The zero-order chi connectivity index (χ0) is 14.8. The Morgan fingerprint density at radius 2 is 1.90 bits per heavy atom. The number of hydrogen-bond acceptors (Lipinski definition) is 2. The predicted octanol–water partition coefficient (Wildman–Crippen LogP) is 3.70. The van der Waals surface area contributed by atoms with Crippen LogP contribution >= 0.6 is 0 Å². The molecule has 20 heavy (non-hydrogen) atoms. The molecule has 0 amide bonds. The van der Waals surface area contributed by atoms with E-state index >= 15 is 0 Å². The van der Waals surface area contributed by atoms with Crippen molar-refractivity contribution >= 4 is 0 Å². The van der Waals surface area contributed by atoms with Crippen LogP contribution < -0.4 is 5.73 Å². The number of halogens is 3. The largest absolute Gasteiger partial charge is 0.391 e. The normalized spacial score (nSPS) is 37.6. The molecule has 2 N–H and O–H groups in total. The molecule has 5 heteroatoms. The fourth-order valence-electron chi connectivity index (χ4n) is 4.16. The number of nitrogens with two attached hydrogens (primary N) is 1. The first-order chi connectivity index (χ1) is 9.39. The second-order valence-electron chi connectivity index (χ2n) is 6.66. The molecular formula is C15H27F3N2. The Bertz CT molecular complexity index is 319. The Hall–Kier alpha value is -0.290. The topological polar surface area (TPSA) is 29.3 Å². The van der Waals surface area contributed by atoms with E-state index in [4.69, 9.17) is 5.73 Å². The standard InChI is InChI=1S/C15H27F3N2/c1-12-6-3-2-4-9-20(12)14(11-19)8-5-7-13(10-14)15(16,17)18/h12-13H,2-11,19H2,1H3. The van der Waals surface area contributed by atoms with E-state index in [1.54, 1.807) is 0 Å². The SMILES string of the molecule is CC1CCCCCN1C1(CN)CCCC(C(F)(F)F)C1. The van der Waals surface area contributed by atoms with Gasteiger partial charge in [0.2, 0.25) is 0 Å². The lowest BCUT2D eigenvalue weighted by atomic mass is 9.73. The Labute approximate surface area is 119 Å². The van der Waals surface area contributed by atoms with Gasteiger partial charge in [0, 0.05) is 18.1 Å². The van der Waals surface area contributed by atoms with Crippen LogP contribution in [0.3, 0.4) is 0 Å². The quantitative estimate of drug-likeness (QED) is 0.841. The molecule has 1 aliphatic carbocycles. The molecule has 2 aliphatic rings. The summed E-state index contributed by atoms with van der Waals surface area (Å²) < 4.78 is 39.3. The van der Waals surface area contributed by atoms with Gasteiger partial charge in [0.15, 0.2) is 0 Å². The minimum Gasteiger partial charge on any atom is -0.329 e. The molecule has 2 fully saturated rings. The van der Waals surface area contributed by atoms with Gasteiger partial charge in [0.1, 0.15) is 0 Å². The molecule has 0 spiro atoms. The average molecular weight is 292 g/mol. The van der Waals surface area contributed by atoms with Gasteiger partial charge in [-0.25, -0.2) is 0 Å². The van der Waals surface area contributed by atoms with Crippen molar-refractivity contribution in [2.75, 3.05) is 13.1 Å². The molecule has 0 aromatic heterocycles. The Kier molecular flexibility index (Phi) is 5.00. The van der Waals surface area contributed by atoms with E-state index in [-0.39, 0.29) is 12.8 Å². The highest BCUT2D eigenvalue weighted by Gasteiger charge is 2.50. The van der Waals surface area contributed by atoms with Crippen LogP contribution in [-0.2, 0) is 0 Å². The Balaban J connectivity index is 2.18. The van der Waals surface area contributed by atoms with E-state index < -0.39 is 17.6 Å². The van der Waals surface area contributed by atoms with Gasteiger partial charge in [-0.05, 0) is 45.6 Å². The Morgan fingerprint density at radius 3 is 2.55 bits per heavy atom. The van der Waals surface area contributed by atoms with Gasteiger partial charge in [-0.15, -0.1) is 0 Å². The van der Waals surface area contributed by atoms with Crippen molar-refractivity contribution in [2.45, 2.75) is 76.0 Å². The highest BCUT2D eigenvalue weighted by molar-refractivity contribution is 5.00. The minimum atomic E-state index is -4.07. The van der Waals surface area contributed by atoms with Crippen molar-refractivity contribution in [1.29, 1.82) is 0 Å². The molecule has 3 unspecified atom stereocenters. The number of nitrogens with zero attached hydrogens (tertiary/aromatic N) is 1. The highest BCUT2D eigenvalue weighted by Crippen LogP contribution is 2.45. The van der Waals surface area contributed by atoms with Crippen LogP contribution in [0.2, 0.25) is 0 Å². The molecule has 2 rings (SSSR count). The molecule has 1 saturated heterocycles. The van der Waals surface area contributed by atoms with Gasteiger partial charge < -0.3 is 5.73 Å². The van der Waals surface area contributed by atoms with Crippen LogP contribution in [0.5, 0.6) is 0 Å². The van der Waals surface area contributed by atoms with Gasteiger partial charge >= 0.3 is 6.18 Å². The summed E-state index contributed by atoms with van der Waals surface area (Å²) >= 11 is 0.